The summed E-state index contributed by atoms with van der Waals surface area (Å²) >= 11 is 0. The quantitative estimate of drug-likeness (QED) is 0.0345. The zero-order chi connectivity index (χ0) is 49.2. The van der Waals surface area contributed by atoms with Crippen molar-refractivity contribution in [3.63, 3.8) is 0 Å². The molecule has 5 heteroatoms. The minimum absolute atomic E-state index is 0.0790. The first kappa shape index (κ1) is 65.6. The van der Waals surface area contributed by atoms with Crippen molar-refractivity contribution in [2.45, 2.75) is 309 Å². The Morgan fingerprint density at radius 2 is 0.618 bits per heavy atom. The van der Waals surface area contributed by atoms with E-state index in [0.29, 0.717) is 19.4 Å². The molecule has 5 nitrogen and oxygen atoms in total. The Kier molecular flexibility index (Phi) is 56.8. The molecule has 1 unspecified atom stereocenters. The van der Waals surface area contributed by atoms with Crippen molar-refractivity contribution in [3.8, 4) is 0 Å². The average Bonchev–Trinajstić information content (AvgIpc) is 3.34. The van der Waals surface area contributed by atoms with E-state index in [1.807, 2.05) is 0 Å². The second kappa shape index (κ2) is 58.9. The van der Waals surface area contributed by atoms with Gasteiger partial charge in [0.25, 0.3) is 0 Å². The van der Waals surface area contributed by atoms with E-state index in [9.17, 15) is 9.59 Å². The van der Waals surface area contributed by atoms with Crippen molar-refractivity contribution in [3.05, 3.63) is 60.8 Å². The van der Waals surface area contributed by atoms with Gasteiger partial charge in [0.2, 0.25) is 0 Å². The van der Waals surface area contributed by atoms with E-state index in [1.54, 1.807) is 0 Å². The largest absolute Gasteiger partial charge is 0.462 e. The number of allylic oxidation sites excluding steroid dienone is 10. The van der Waals surface area contributed by atoms with Gasteiger partial charge in [-0.05, 0) is 89.9 Å². The van der Waals surface area contributed by atoms with E-state index in [4.69, 9.17) is 14.2 Å². The van der Waals surface area contributed by atoms with Gasteiger partial charge in [-0.1, -0.05) is 261 Å². The lowest BCUT2D eigenvalue weighted by Crippen LogP contribution is -2.30. The number of hydrogen-bond donors (Lipinski definition) is 0. The maximum atomic E-state index is 12.9. The van der Waals surface area contributed by atoms with Crippen LogP contribution in [0.25, 0.3) is 0 Å². The highest BCUT2D eigenvalue weighted by molar-refractivity contribution is 5.70. The molecule has 0 heterocycles. The van der Waals surface area contributed by atoms with Crippen LogP contribution in [0.3, 0.4) is 0 Å². The van der Waals surface area contributed by atoms with Gasteiger partial charge in [-0.3, -0.25) is 9.59 Å². The van der Waals surface area contributed by atoms with Crippen LogP contribution in [0.5, 0.6) is 0 Å². The van der Waals surface area contributed by atoms with Crippen molar-refractivity contribution in [2.75, 3.05) is 19.8 Å². The van der Waals surface area contributed by atoms with E-state index in [2.05, 4.69) is 81.5 Å². The topological polar surface area (TPSA) is 61.8 Å². The molecule has 1 atom stereocenters. The fraction of sp³-hybridized carbons (Fsp3) is 0.810. The molecule has 0 rings (SSSR count). The van der Waals surface area contributed by atoms with E-state index in [0.717, 1.165) is 64.2 Å². The zero-order valence-electron chi connectivity index (χ0n) is 45.6. The van der Waals surface area contributed by atoms with E-state index in [-0.39, 0.29) is 25.2 Å². The third kappa shape index (κ3) is 56.2. The van der Waals surface area contributed by atoms with Gasteiger partial charge in [0.1, 0.15) is 6.61 Å². The predicted molar refractivity (Wildman–Crippen MR) is 298 cm³/mol. The number of unbranched alkanes of at least 4 members (excludes halogenated alkanes) is 34. The van der Waals surface area contributed by atoms with Crippen LogP contribution in [0.2, 0.25) is 0 Å². The van der Waals surface area contributed by atoms with Crippen LogP contribution in [0.15, 0.2) is 60.8 Å². The average molecular weight is 952 g/mol. The van der Waals surface area contributed by atoms with Crippen molar-refractivity contribution in [2.24, 2.45) is 0 Å². The second-order valence-corrected chi connectivity index (χ2v) is 19.9. The van der Waals surface area contributed by atoms with E-state index >= 15 is 0 Å². The van der Waals surface area contributed by atoms with Gasteiger partial charge in [-0.2, -0.15) is 0 Å². The first-order valence-corrected chi connectivity index (χ1v) is 29.8. The zero-order valence-corrected chi connectivity index (χ0v) is 45.6. The van der Waals surface area contributed by atoms with Gasteiger partial charge in [0.05, 0.1) is 6.61 Å². The molecule has 0 bridgehead atoms. The van der Waals surface area contributed by atoms with Crippen LogP contribution >= 0.6 is 0 Å². The maximum Gasteiger partial charge on any atom is 0.306 e. The van der Waals surface area contributed by atoms with E-state index < -0.39 is 6.10 Å². The molecule has 0 N–H and O–H groups in total. The third-order valence-electron chi connectivity index (χ3n) is 13.0. The lowest BCUT2D eigenvalue weighted by molar-refractivity contribution is -0.163. The first-order chi connectivity index (χ1) is 33.6. The van der Waals surface area contributed by atoms with Gasteiger partial charge < -0.3 is 14.2 Å². The summed E-state index contributed by atoms with van der Waals surface area (Å²) in [5, 5.41) is 0. The number of rotatable bonds is 55. The smallest absolute Gasteiger partial charge is 0.306 e. The van der Waals surface area contributed by atoms with Crippen molar-refractivity contribution in [1.29, 1.82) is 0 Å². The molecule has 0 aromatic carbocycles. The normalized spacial score (nSPS) is 12.6. The highest BCUT2D eigenvalue weighted by Gasteiger charge is 2.17. The van der Waals surface area contributed by atoms with Gasteiger partial charge in [0.15, 0.2) is 6.10 Å². The molecule has 0 saturated carbocycles. The minimum atomic E-state index is -0.543. The molecule has 0 amide bonds. The molecular formula is C63H114O5. The van der Waals surface area contributed by atoms with Crippen LogP contribution in [0, 0.1) is 0 Å². The Hall–Kier alpha value is -2.40. The lowest BCUT2D eigenvalue weighted by atomic mass is 10.0. The summed E-state index contributed by atoms with van der Waals surface area (Å²) in [5.41, 5.74) is 0. The lowest BCUT2D eigenvalue weighted by Gasteiger charge is -2.18. The summed E-state index contributed by atoms with van der Waals surface area (Å²) in [7, 11) is 0. The Bertz CT molecular complexity index is 1170. The summed E-state index contributed by atoms with van der Waals surface area (Å²) in [6, 6.07) is 0. The summed E-state index contributed by atoms with van der Waals surface area (Å²) in [5.74, 6) is -0.402. The fourth-order valence-electron chi connectivity index (χ4n) is 8.55. The molecule has 0 aliphatic carbocycles. The standard InChI is InChI=1S/C63H114O5/c1-4-7-10-13-16-19-22-25-28-30-32-34-36-38-41-44-47-50-53-56-62(64)67-60-61(59-66-58-55-52-49-46-43-40-27-24-21-18-15-12-9-6-3)68-63(65)57-54-51-48-45-42-39-37-35-33-31-29-26-23-20-17-14-11-8-5-2/h16-17,19-20,25-26,28-29,32,34,61H,4-15,18,21-24,27,30-31,33,35-60H2,1-3H3/b19-16-,20-17-,28-25-,29-26-,34-32-. The fourth-order valence-corrected chi connectivity index (χ4v) is 8.55. The molecular weight excluding hydrogens is 837 g/mol. The van der Waals surface area contributed by atoms with Crippen LogP contribution in [0.4, 0.5) is 0 Å². The number of esters is 2. The van der Waals surface area contributed by atoms with Crippen LogP contribution in [-0.4, -0.2) is 37.9 Å². The first-order valence-electron chi connectivity index (χ1n) is 29.8. The predicted octanol–water partition coefficient (Wildman–Crippen LogP) is 20.5. The monoisotopic (exact) mass is 951 g/mol. The summed E-state index contributed by atoms with van der Waals surface area (Å²) in [4.78, 5) is 25.6. The van der Waals surface area contributed by atoms with Crippen molar-refractivity contribution >= 4 is 11.9 Å². The summed E-state index contributed by atoms with van der Waals surface area (Å²) in [6.45, 7) is 7.81. The summed E-state index contributed by atoms with van der Waals surface area (Å²) < 4.78 is 17.5. The van der Waals surface area contributed by atoms with E-state index in [1.165, 1.54) is 205 Å². The molecule has 396 valence electrons. The Morgan fingerprint density at radius 1 is 0.324 bits per heavy atom. The number of hydrogen-bond acceptors (Lipinski definition) is 5. The van der Waals surface area contributed by atoms with Crippen LogP contribution < -0.4 is 0 Å². The molecule has 0 radical (unpaired) electrons. The van der Waals surface area contributed by atoms with Gasteiger partial charge >= 0.3 is 11.9 Å². The van der Waals surface area contributed by atoms with Gasteiger partial charge in [0, 0.05) is 19.4 Å². The Morgan fingerprint density at radius 3 is 1.01 bits per heavy atom. The van der Waals surface area contributed by atoms with Crippen LogP contribution in [-0.2, 0) is 23.8 Å². The highest BCUT2D eigenvalue weighted by atomic mass is 16.6. The molecule has 0 aliphatic heterocycles. The number of ether oxygens (including phenoxy) is 3. The number of carbonyl (C=O) groups excluding carboxylic acids is 2. The second-order valence-electron chi connectivity index (χ2n) is 19.9. The third-order valence-corrected chi connectivity index (χ3v) is 13.0. The molecule has 0 fully saturated rings. The van der Waals surface area contributed by atoms with Crippen molar-refractivity contribution in [1.82, 2.24) is 0 Å². The highest BCUT2D eigenvalue weighted by Crippen LogP contribution is 2.16. The Balaban J connectivity index is 4.27. The molecule has 0 aliphatic rings. The maximum absolute atomic E-state index is 12.9. The minimum Gasteiger partial charge on any atom is -0.462 e. The molecule has 0 aromatic heterocycles. The molecule has 0 spiro atoms. The number of carbonyl (C=O) groups is 2. The van der Waals surface area contributed by atoms with Crippen LogP contribution in [0.1, 0.15) is 303 Å². The molecule has 0 aromatic rings. The summed E-state index contributed by atoms with van der Waals surface area (Å²) in [6.07, 6.45) is 75.2. The SMILES string of the molecule is CCCCC/C=C\C/C=C\C/C=C\CCCCCCCCC(=O)OCC(COCCCCCCCCCCCCCCCC)OC(=O)CCCCCCCCCCC/C=C\C/C=C\CCCCC. The van der Waals surface area contributed by atoms with Gasteiger partial charge in [-0.15, -0.1) is 0 Å². The molecule has 68 heavy (non-hydrogen) atoms. The van der Waals surface area contributed by atoms with Crippen molar-refractivity contribution < 1.29 is 23.8 Å². The molecule has 0 saturated heterocycles. The Labute approximate surface area is 424 Å². The van der Waals surface area contributed by atoms with Gasteiger partial charge in [-0.25, -0.2) is 0 Å².